The van der Waals surface area contributed by atoms with Crippen LogP contribution in [0.3, 0.4) is 0 Å². The van der Waals surface area contributed by atoms with Gasteiger partial charge in [0.15, 0.2) is 0 Å². The van der Waals surface area contributed by atoms with Gasteiger partial charge in [0.2, 0.25) is 0 Å². The van der Waals surface area contributed by atoms with Gasteiger partial charge >= 0.3 is 0 Å². The molecule has 2 rings (SSSR count). The maximum atomic E-state index is 8.20. The Bertz CT molecular complexity index is 761. The first kappa shape index (κ1) is 16.4. The predicted octanol–water partition coefficient (Wildman–Crippen LogP) is 2.59. The zero-order valence-electron chi connectivity index (χ0n) is 13.3. The quantitative estimate of drug-likeness (QED) is 0.562. The van der Waals surface area contributed by atoms with Crippen LogP contribution in [-0.4, -0.2) is 27.2 Å². The molecule has 0 atom stereocenters. The molecule has 118 valence electrons. The van der Waals surface area contributed by atoms with Gasteiger partial charge < -0.3 is 11.1 Å². The van der Waals surface area contributed by atoms with Crippen LogP contribution < -0.4 is 11.1 Å². The van der Waals surface area contributed by atoms with Crippen molar-refractivity contribution in [2.24, 2.45) is 5.73 Å². The highest BCUT2D eigenvalue weighted by atomic mass is 14.9. The summed E-state index contributed by atoms with van der Waals surface area (Å²) < 4.78 is 0. The van der Waals surface area contributed by atoms with Gasteiger partial charge in [0.25, 0.3) is 0 Å². The molecule has 0 aliphatic heterocycles. The molecule has 0 saturated heterocycles. The van der Waals surface area contributed by atoms with E-state index in [4.69, 9.17) is 11.1 Å². The number of rotatable bonds is 6. The van der Waals surface area contributed by atoms with Gasteiger partial charge in [0.05, 0.1) is 28.5 Å². The SMILES string of the molecule is C=CCNc1c(C(=N)C(=C)N)cc(-c2cnc(C)nc2)nc1C. The fraction of sp³-hybridized carbons (Fsp3) is 0.176. The standard InChI is InChI=1S/C17H20N6/c1-5-6-20-17-11(3)23-15(7-14(17)16(19)10(2)18)13-8-21-12(4)22-9-13/h5,7-9,19-20H,1-2,6,18H2,3-4H3. The number of hydrogen-bond donors (Lipinski definition) is 3. The van der Waals surface area contributed by atoms with Crippen LogP contribution in [0.15, 0.2) is 43.4 Å². The van der Waals surface area contributed by atoms with Crippen molar-refractivity contribution in [2.45, 2.75) is 13.8 Å². The molecule has 0 bridgehead atoms. The van der Waals surface area contributed by atoms with E-state index in [1.807, 2.05) is 13.8 Å². The van der Waals surface area contributed by atoms with Crippen LogP contribution in [0.1, 0.15) is 17.1 Å². The number of hydrogen-bond acceptors (Lipinski definition) is 6. The van der Waals surface area contributed by atoms with E-state index in [0.717, 1.165) is 16.9 Å². The molecule has 6 heteroatoms. The Morgan fingerprint density at radius 1 is 1.35 bits per heavy atom. The predicted molar refractivity (Wildman–Crippen MR) is 93.6 cm³/mol. The van der Waals surface area contributed by atoms with Gasteiger partial charge in [-0.25, -0.2) is 9.97 Å². The average molecular weight is 308 g/mol. The number of nitrogens with one attached hydrogen (secondary N) is 2. The van der Waals surface area contributed by atoms with E-state index < -0.39 is 0 Å². The van der Waals surface area contributed by atoms with Crippen molar-refractivity contribution >= 4 is 11.4 Å². The highest BCUT2D eigenvalue weighted by molar-refractivity contribution is 6.13. The summed E-state index contributed by atoms with van der Waals surface area (Å²) in [5, 5.41) is 11.4. The minimum absolute atomic E-state index is 0.163. The number of nitrogens with two attached hydrogens (primary N) is 1. The number of aryl methyl sites for hydroxylation is 2. The first-order valence-corrected chi connectivity index (χ1v) is 7.13. The maximum absolute atomic E-state index is 8.20. The summed E-state index contributed by atoms with van der Waals surface area (Å²) in [6, 6.07) is 1.80. The van der Waals surface area contributed by atoms with E-state index >= 15 is 0 Å². The van der Waals surface area contributed by atoms with Crippen LogP contribution >= 0.6 is 0 Å². The summed E-state index contributed by atoms with van der Waals surface area (Å²) in [5.41, 5.74) is 9.69. The van der Waals surface area contributed by atoms with Gasteiger partial charge in [0.1, 0.15) is 5.82 Å². The molecule has 2 heterocycles. The van der Waals surface area contributed by atoms with E-state index in [0.29, 0.717) is 23.6 Å². The first-order chi connectivity index (χ1) is 10.9. The summed E-state index contributed by atoms with van der Waals surface area (Å²) >= 11 is 0. The van der Waals surface area contributed by atoms with Crippen molar-refractivity contribution in [2.75, 3.05) is 11.9 Å². The zero-order valence-corrected chi connectivity index (χ0v) is 13.3. The van der Waals surface area contributed by atoms with Crippen LogP contribution in [-0.2, 0) is 0 Å². The molecule has 0 spiro atoms. The van der Waals surface area contributed by atoms with Crippen LogP contribution in [0.5, 0.6) is 0 Å². The average Bonchev–Trinajstić information content (AvgIpc) is 2.53. The molecular weight excluding hydrogens is 288 g/mol. The monoisotopic (exact) mass is 308 g/mol. The fourth-order valence-corrected chi connectivity index (χ4v) is 2.11. The Morgan fingerprint density at radius 3 is 2.57 bits per heavy atom. The Labute approximate surface area is 135 Å². The van der Waals surface area contributed by atoms with E-state index in [1.54, 1.807) is 24.5 Å². The Morgan fingerprint density at radius 2 is 2.00 bits per heavy atom. The van der Waals surface area contributed by atoms with Gasteiger partial charge in [-0.2, -0.15) is 0 Å². The number of anilines is 1. The van der Waals surface area contributed by atoms with Crippen molar-refractivity contribution in [1.29, 1.82) is 5.41 Å². The lowest BCUT2D eigenvalue weighted by atomic mass is 10.0. The van der Waals surface area contributed by atoms with Gasteiger partial charge in [-0.1, -0.05) is 12.7 Å². The molecule has 6 nitrogen and oxygen atoms in total. The summed E-state index contributed by atoms with van der Waals surface area (Å²) in [6.45, 7) is 11.6. The van der Waals surface area contributed by atoms with Crippen LogP contribution in [0.2, 0.25) is 0 Å². The van der Waals surface area contributed by atoms with Crippen molar-refractivity contribution in [3.63, 3.8) is 0 Å². The van der Waals surface area contributed by atoms with Gasteiger partial charge in [-0.15, -0.1) is 6.58 Å². The first-order valence-electron chi connectivity index (χ1n) is 7.13. The molecule has 2 aromatic heterocycles. The molecule has 0 unspecified atom stereocenters. The second-order valence-electron chi connectivity index (χ2n) is 5.10. The highest BCUT2D eigenvalue weighted by Gasteiger charge is 2.15. The van der Waals surface area contributed by atoms with Crippen LogP contribution in [0.25, 0.3) is 11.3 Å². The lowest BCUT2D eigenvalue weighted by Gasteiger charge is -2.16. The molecule has 0 saturated carbocycles. The molecule has 0 aliphatic carbocycles. The summed E-state index contributed by atoms with van der Waals surface area (Å²) in [5.74, 6) is 0.693. The largest absolute Gasteiger partial charge is 0.397 e. The Kier molecular flexibility index (Phi) is 4.85. The Balaban J connectivity index is 2.59. The third-order valence-electron chi connectivity index (χ3n) is 3.29. The van der Waals surface area contributed by atoms with E-state index in [9.17, 15) is 0 Å². The number of nitrogens with zero attached hydrogens (tertiary/aromatic N) is 3. The van der Waals surface area contributed by atoms with Gasteiger partial charge in [-0.3, -0.25) is 10.4 Å². The number of allylic oxidation sites excluding steroid dienone is 1. The second-order valence-corrected chi connectivity index (χ2v) is 5.10. The van der Waals surface area contributed by atoms with Gasteiger partial charge in [-0.05, 0) is 19.9 Å². The van der Waals surface area contributed by atoms with Gasteiger partial charge in [0, 0.05) is 30.1 Å². The summed E-state index contributed by atoms with van der Waals surface area (Å²) in [6.07, 6.45) is 5.17. The van der Waals surface area contributed by atoms with E-state index in [-0.39, 0.29) is 11.4 Å². The summed E-state index contributed by atoms with van der Waals surface area (Å²) in [4.78, 5) is 13.0. The minimum atomic E-state index is 0.163. The van der Waals surface area contributed by atoms with Crippen molar-refractivity contribution in [1.82, 2.24) is 15.0 Å². The smallest absolute Gasteiger partial charge is 0.125 e. The van der Waals surface area contributed by atoms with E-state index in [1.165, 1.54) is 0 Å². The van der Waals surface area contributed by atoms with Crippen LogP contribution in [0.4, 0.5) is 5.69 Å². The molecular formula is C17H20N6. The molecule has 4 N–H and O–H groups in total. The maximum Gasteiger partial charge on any atom is 0.125 e. The fourth-order valence-electron chi connectivity index (χ4n) is 2.11. The third kappa shape index (κ3) is 3.60. The molecule has 0 fully saturated rings. The number of pyridine rings is 1. The third-order valence-corrected chi connectivity index (χ3v) is 3.29. The molecule has 0 aromatic carbocycles. The highest BCUT2D eigenvalue weighted by Crippen LogP contribution is 2.26. The lowest BCUT2D eigenvalue weighted by Crippen LogP contribution is -2.15. The summed E-state index contributed by atoms with van der Waals surface area (Å²) in [7, 11) is 0. The molecule has 0 radical (unpaired) electrons. The van der Waals surface area contributed by atoms with Crippen LogP contribution in [0, 0.1) is 19.3 Å². The molecule has 23 heavy (non-hydrogen) atoms. The normalized spacial score (nSPS) is 10.2. The number of aromatic nitrogens is 3. The Hall–Kier alpha value is -3.02. The van der Waals surface area contributed by atoms with Crippen molar-refractivity contribution in [3.8, 4) is 11.3 Å². The molecule has 0 aliphatic rings. The van der Waals surface area contributed by atoms with E-state index in [2.05, 4.69) is 33.4 Å². The zero-order chi connectivity index (χ0) is 17.0. The minimum Gasteiger partial charge on any atom is -0.397 e. The lowest BCUT2D eigenvalue weighted by molar-refractivity contribution is 1.05. The molecule has 2 aromatic rings. The van der Waals surface area contributed by atoms with Crippen molar-refractivity contribution in [3.05, 3.63) is 60.5 Å². The molecule has 0 amide bonds. The van der Waals surface area contributed by atoms with Crippen molar-refractivity contribution < 1.29 is 0 Å². The second kappa shape index (κ2) is 6.83. The topological polar surface area (TPSA) is 101 Å².